The van der Waals surface area contributed by atoms with Gasteiger partial charge in [-0.2, -0.15) is 0 Å². The molecule has 0 atom stereocenters. The molecule has 0 aliphatic rings. The van der Waals surface area contributed by atoms with Crippen molar-refractivity contribution < 1.29 is 0 Å². The highest BCUT2D eigenvalue weighted by Crippen LogP contribution is 2.15. The van der Waals surface area contributed by atoms with Crippen LogP contribution in [0.4, 0.5) is 5.82 Å². The van der Waals surface area contributed by atoms with Crippen LogP contribution in [0.2, 0.25) is 0 Å². The van der Waals surface area contributed by atoms with E-state index in [4.69, 9.17) is 11.6 Å². The number of rotatable bonds is 7. The first-order chi connectivity index (χ1) is 7.70. The number of hydrogen-bond donors (Lipinski definition) is 2. The predicted molar refractivity (Wildman–Crippen MR) is 68.6 cm³/mol. The molecule has 0 aliphatic heterocycles. The lowest BCUT2D eigenvalue weighted by Crippen LogP contribution is -2.15. The van der Waals surface area contributed by atoms with Crippen molar-refractivity contribution in [1.29, 1.82) is 0 Å². The molecule has 92 valence electrons. The Balaban J connectivity index is 2.55. The molecule has 0 fully saturated rings. The Bertz CT molecular complexity index is 317. The number of aromatic nitrogens is 2. The van der Waals surface area contributed by atoms with Crippen molar-refractivity contribution in [3.8, 4) is 0 Å². The van der Waals surface area contributed by atoms with Crippen LogP contribution in [-0.2, 0) is 12.8 Å². The Hall–Kier alpha value is -1.19. The van der Waals surface area contributed by atoms with Gasteiger partial charge in [-0.1, -0.05) is 33.1 Å². The second kappa shape index (κ2) is 6.40. The van der Waals surface area contributed by atoms with Crippen LogP contribution in [0.1, 0.15) is 57.5 Å². The number of unbranched alkanes of at least 4 members (excludes halogenated alkanes) is 3. The maximum absolute atomic E-state index is 5.92. The SMILES string of the molecule is CCCCCCc1nc(CCC)n(N)c1N. The first-order valence-corrected chi connectivity index (χ1v) is 6.31. The van der Waals surface area contributed by atoms with Crippen molar-refractivity contribution in [3.63, 3.8) is 0 Å². The molecule has 16 heavy (non-hydrogen) atoms. The Labute approximate surface area is 98.0 Å². The second-order valence-corrected chi connectivity index (χ2v) is 4.29. The maximum Gasteiger partial charge on any atom is 0.145 e. The third-order valence-corrected chi connectivity index (χ3v) is 2.84. The second-order valence-electron chi connectivity index (χ2n) is 4.29. The zero-order chi connectivity index (χ0) is 12.0. The number of nitrogens with two attached hydrogens (primary N) is 2. The molecule has 4 heteroatoms. The molecule has 0 bridgehead atoms. The van der Waals surface area contributed by atoms with E-state index in [-0.39, 0.29) is 0 Å². The van der Waals surface area contributed by atoms with Crippen LogP contribution in [0.25, 0.3) is 0 Å². The van der Waals surface area contributed by atoms with Crippen molar-refractivity contribution in [2.24, 2.45) is 0 Å². The van der Waals surface area contributed by atoms with Gasteiger partial charge in [0.15, 0.2) is 0 Å². The Morgan fingerprint density at radius 1 is 1.06 bits per heavy atom. The highest BCUT2D eigenvalue weighted by atomic mass is 15.4. The molecule has 0 aromatic carbocycles. The monoisotopic (exact) mass is 224 g/mol. The van der Waals surface area contributed by atoms with Crippen LogP contribution in [0.15, 0.2) is 0 Å². The van der Waals surface area contributed by atoms with Crippen molar-refractivity contribution in [2.75, 3.05) is 11.6 Å². The van der Waals surface area contributed by atoms with Crippen molar-refractivity contribution in [3.05, 3.63) is 11.5 Å². The number of hydrogen-bond acceptors (Lipinski definition) is 3. The van der Waals surface area contributed by atoms with Gasteiger partial charge in [-0.05, 0) is 19.3 Å². The quantitative estimate of drug-likeness (QED) is 0.551. The number of anilines is 1. The third kappa shape index (κ3) is 3.15. The van der Waals surface area contributed by atoms with E-state index in [1.807, 2.05) is 0 Å². The summed E-state index contributed by atoms with van der Waals surface area (Å²) in [6.07, 6.45) is 7.83. The highest BCUT2D eigenvalue weighted by Gasteiger charge is 2.11. The first-order valence-electron chi connectivity index (χ1n) is 6.31. The normalized spacial score (nSPS) is 10.9. The summed E-state index contributed by atoms with van der Waals surface area (Å²) in [6.45, 7) is 4.33. The highest BCUT2D eigenvalue weighted by molar-refractivity contribution is 5.38. The van der Waals surface area contributed by atoms with Crippen LogP contribution < -0.4 is 11.6 Å². The van der Waals surface area contributed by atoms with Gasteiger partial charge in [-0.15, -0.1) is 0 Å². The average Bonchev–Trinajstić information content (AvgIpc) is 2.54. The molecular formula is C12H24N4. The van der Waals surface area contributed by atoms with Crippen LogP contribution >= 0.6 is 0 Å². The van der Waals surface area contributed by atoms with Gasteiger partial charge in [-0.25, -0.2) is 9.66 Å². The van der Waals surface area contributed by atoms with E-state index in [2.05, 4.69) is 18.8 Å². The van der Waals surface area contributed by atoms with E-state index in [9.17, 15) is 0 Å². The molecule has 4 nitrogen and oxygen atoms in total. The van der Waals surface area contributed by atoms with E-state index in [1.165, 1.54) is 19.3 Å². The summed E-state index contributed by atoms with van der Waals surface area (Å²) in [7, 11) is 0. The Kier molecular flexibility index (Phi) is 5.15. The minimum absolute atomic E-state index is 0.639. The first kappa shape index (κ1) is 12.9. The minimum atomic E-state index is 0.639. The maximum atomic E-state index is 5.92. The topological polar surface area (TPSA) is 69.9 Å². The largest absolute Gasteiger partial charge is 0.382 e. The number of nitrogen functional groups attached to an aromatic ring is 2. The fraction of sp³-hybridized carbons (Fsp3) is 0.750. The van der Waals surface area contributed by atoms with Gasteiger partial charge in [0, 0.05) is 6.42 Å². The number of imidazole rings is 1. The molecule has 4 N–H and O–H groups in total. The molecule has 0 aliphatic carbocycles. The fourth-order valence-corrected chi connectivity index (χ4v) is 1.85. The predicted octanol–water partition coefficient (Wildman–Crippen LogP) is 2.25. The van der Waals surface area contributed by atoms with E-state index in [0.29, 0.717) is 5.82 Å². The van der Waals surface area contributed by atoms with Crippen molar-refractivity contribution >= 4 is 5.82 Å². The molecule has 0 saturated heterocycles. The summed E-state index contributed by atoms with van der Waals surface area (Å²) in [5.74, 6) is 7.40. The third-order valence-electron chi connectivity index (χ3n) is 2.84. The van der Waals surface area contributed by atoms with E-state index < -0.39 is 0 Å². The van der Waals surface area contributed by atoms with E-state index >= 15 is 0 Å². The standard InChI is InChI=1S/C12H24N4/c1-3-5-6-7-9-10-12(13)16(14)11(15-10)8-4-2/h3-9,13-14H2,1-2H3. The van der Waals surface area contributed by atoms with Gasteiger partial charge in [0.05, 0.1) is 5.69 Å². The van der Waals surface area contributed by atoms with Gasteiger partial charge >= 0.3 is 0 Å². The summed E-state index contributed by atoms with van der Waals surface area (Å²) in [5, 5.41) is 0. The summed E-state index contributed by atoms with van der Waals surface area (Å²) in [4.78, 5) is 4.51. The summed E-state index contributed by atoms with van der Waals surface area (Å²) in [6, 6.07) is 0. The summed E-state index contributed by atoms with van der Waals surface area (Å²) in [5.41, 5.74) is 6.90. The molecule has 0 spiro atoms. The Morgan fingerprint density at radius 2 is 1.81 bits per heavy atom. The summed E-state index contributed by atoms with van der Waals surface area (Å²) < 4.78 is 1.54. The lowest BCUT2D eigenvalue weighted by Gasteiger charge is -2.00. The molecule has 1 rings (SSSR count). The smallest absolute Gasteiger partial charge is 0.145 e. The van der Waals surface area contributed by atoms with Gasteiger partial charge < -0.3 is 11.6 Å². The van der Waals surface area contributed by atoms with Crippen LogP contribution in [-0.4, -0.2) is 9.66 Å². The zero-order valence-corrected chi connectivity index (χ0v) is 10.5. The number of aryl methyl sites for hydroxylation is 2. The molecule has 0 amide bonds. The fourth-order valence-electron chi connectivity index (χ4n) is 1.85. The number of nitrogens with zero attached hydrogens (tertiary/aromatic N) is 2. The lowest BCUT2D eigenvalue weighted by atomic mass is 10.1. The molecule has 0 unspecified atom stereocenters. The van der Waals surface area contributed by atoms with Crippen LogP contribution in [0, 0.1) is 0 Å². The Morgan fingerprint density at radius 3 is 2.44 bits per heavy atom. The van der Waals surface area contributed by atoms with Gasteiger partial charge in [0.2, 0.25) is 0 Å². The van der Waals surface area contributed by atoms with Gasteiger partial charge in [0.25, 0.3) is 0 Å². The zero-order valence-electron chi connectivity index (χ0n) is 10.5. The van der Waals surface area contributed by atoms with Crippen molar-refractivity contribution in [1.82, 2.24) is 9.66 Å². The van der Waals surface area contributed by atoms with Crippen LogP contribution in [0.3, 0.4) is 0 Å². The molecule has 1 aromatic heterocycles. The van der Waals surface area contributed by atoms with E-state index in [0.717, 1.165) is 37.2 Å². The molecule has 1 heterocycles. The average molecular weight is 224 g/mol. The molecular weight excluding hydrogens is 200 g/mol. The summed E-state index contributed by atoms with van der Waals surface area (Å²) >= 11 is 0. The lowest BCUT2D eigenvalue weighted by molar-refractivity contribution is 0.661. The van der Waals surface area contributed by atoms with Gasteiger partial charge in [-0.3, -0.25) is 0 Å². The van der Waals surface area contributed by atoms with E-state index in [1.54, 1.807) is 4.68 Å². The molecule has 0 saturated carbocycles. The van der Waals surface area contributed by atoms with Crippen LogP contribution in [0.5, 0.6) is 0 Å². The van der Waals surface area contributed by atoms with Gasteiger partial charge in [0.1, 0.15) is 11.6 Å². The molecule has 1 aromatic rings. The molecule has 0 radical (unpaired) electrons. The van der Waals surface area contributed by atoms with Crippen molar-refractivity contribution in [2.45, 2.75) is 58.8 Å². The minimum Gasteiger partial charge on any atom is -0.382 e.